The number of methoxy groups -OCH3 is 2. The first kappa shape index (κ1) is 25.7. The van der Waals surface area contributed by atoms with E-state index in [0.29, 0.717) is 30.2 Å². The molecule has 4 rings (SSSR count). The minimum absolute atomic E-state index is 0.0584. The lowest BCUT2D eigenvalue weighted by Gasteiger charge is -2.20. The molecule has 8 nitrogen and oxygen atoms in total. The summed E-state index contributed by atoms with van der Waals surface area (Å²) in [6.07, 6.45) is 0.654. The van der Waals surface area contributed by atoms with Crippen molar-refractivity contribution in [3.05, 3.63) is 76.8 Å². The van der Waals surface area contributed by atoms with E-state index in [1.807, 2.05) is 31.2 Å². The fraction of sp³-hybridized carbons (Fsp3) is 0.269. The predicted octanol–water partition coefficient (Wildman–Crippen LogP) is 4.36. The van der Waals surface area contributed by atoms with Gasteiger partial charge in [0.05, 0.1) is 35.9 Å². The second-order valence-corrected chi connectivity index (χ2v) is 10.5. The monoisotopic (exact) mass is 530 g/mol. The number of anilines is 1. The smallest absolute Gasteiger partial charge is 0.264 e. The predicted molar refractivity (Wildman–Crippen MR) is 138 cm³/mol. The zero-order valence-electron chi connectivity index (χ0n) is 20.2. The Hall–Kier alpha value is -3.43. The van der Waals surface area contributed by atoms with Crippen LogP contribution in [0.2, 0.25) is 5.02 Å². The summed E-state index contributed by atoms with van der Waals surface area (Å²) in [5, 5.41) is 2.95. The third-order valence-electron chi connectivity index (χ3n) is 5.98. The average molecular weight is 531 g/mol. The number of fused-ring (bicyclic) bond motifs is 1. The maximum absolute atomic E-state index is 13.2. The number of sulfonamides is 1. The molecule has 1 aliphatic rings. The Labute approximate surface area is 215 Å². The van der Waals surface area contributed by atoms with E-state index in [2.05, 4.69) is 5.32 Å². The minimum Gasteiger partial charge on any atom is -0.493 e. The van der Waals surface area contributed by atoms with Crippen LogP contribution in [0.25, 0.3) is 0 Å². The SMILES string of the molecule is COc1ccc([C@H](C)NC(=O)COc2ccc(S(=O)(=O)N3CCc4ccccc43)cc2Cl)cc1OC. The number of amides is 1. The molecule has 3 aromatic carbocycles. The van der Waals surface area contributed by atoms with E-state index < -0.39 is 10.0 Å². The van der Waals surface area contributed by atoms with Crippen LogP contribution in [0.1, 0.15) is 24.1 Å². The number of nitrogens with one attached hydrogen (secondary N) is 1. The number of halogens is 1. The van der Waals surface area contributed by atoms with Gasteiger partial charge < -0.3 is 19.5 Å². The number of hydrogen-bond acceptors (Lipinski definition) is 6. The molecule has 0 spiro atoms. The summed E-state index contributed by atoms with van der Waals surface area (Å²) < 4.78 is 43.9. The van der Waals surface area contributed by atoms with Gasteiger partial charge in [-0.05, 0) is 60.9 Å². The molecule has 0 bridgehead atoms. The van der Waals surface area contributed by atoms with Crippen LogP contribution < -0.4 is 23.8 Å². The van der Waals surface area contributed by atoms with Crippen LogP contribution >= 0.6 is 11.6 Å². The van der Waals surface area contributed by atoms with E-state index in [1.165, 1.54) is 22.5 Å². The van der Waals surface area contributed by atoms with Crippen molar-refractivity contribution >= 4 is 33.2 Å². The fourth-order valence-electron chi connectivity index (χ4n) is 4.08. The van der Waals surface area contributed by atoms with E-state index in [9.17, 15) is 13.2 Å². The van der Waals surface area contributed by atoms with Gasteiger partial charge in [0, 0.05) is 6.54 Å². The number of para-hydroxylation sites is 1. The van der Waals surface area contributed by atoms with E-state index in [4.69, 9.17) is 25.8 Å². The van der Waals surface area contributed by atoms with Gasteiger partial charge in [-0.25, -0.2) is 8.42 Å². The maximum Gasteiger partial charge on any atom is 0.264 e. The molecule has 0 unspecified atom stereocenters. The molecule has 0 aliphatic carbocycles. The highest BCUT2D eigenvalue weighted by molar-refractivity contribution is 7.92. The number of benzene rings is 3. The van der Waals surface area contributed by atoms with Gasteiger partial charge in [-0.3, -0.25) is 9.10 Å². The number of hydrogen-bond donors (Lipinski definition) is 1. The zero-order chi connectivity index (χ0) is 25.9. The van der Waals surface area contributed by atoms with Gasteiger partial charge in [0.15, 0.2) is 18.1 Å². The molecule has 1 heterocycles. The third-order valence-corrected chi connectivity index (χ3v) is 8.08. The van der Waals surface area contributed by atoms with Crippen LogP contribution in [0, 0.1) is 0 Å². The van der Waals surface area contributed by atoms with Crippen molar-refractivity contribution in [2.45, 2.75) is 24.3 Å². The van der Waals surface area contributed by atoms with Gasteiger partial charge in [-0.15, -0.1) is 0 Å². The van der Waals surface area contributed by atoms with Crippen molar-refractivity contribution in [3.8, 4) is 17.2 Å². The molecular formula is C26H27ClN2O6S. The Balaban J connectivity index is 1.39. The first-order valence-electron chi connectivity index (χ1n) is 11.3. The summed E-state index contributed by atoms with van der Waals surface area (Å²) in [4.78, 5) is 12.5. The van der Waals surface area contributed by atoms with Crippen molar-refractivity contribution in [2.75, 3.05) is 31.7 Å². The summed E-state index contributed by atoms with van der Waals surface area (Å²) in [5.74, 6) is 1.01. The molecule has 1 amide bonds. The minimum atomic E-state index is -3.79. The molecule has 36 heavy (non-hydrogen) atoms. The molecule has 1 aliphatic heterocycles. The maximum atomic E-state index is 13.2. The van der Waals surface area contributed by atoms with Crippen molar-refractivity contribution in [3.63, 3.8) is 0 Å². The molecular weight excluding hydrogens is 504 g/mol. The van der Waals surface area contributed by atoms with Gasteiger partial charge in [0.1, 0.15) is 5.75 Å². The highest BCUT2D eigenvalue weighted by Crippen LogP contribution is 2.35. The Morgan fingerprint density at radius 1 is 1.03 bits per heavy atom. The van der Waals surface area contributed by atoms with Gasteiger partial charge in [0.25, 0.3) is 15.9 Å². The molecule has 0 radical (unpaired) electrons. The Kier molecular flexibility index (Phi) is 7.61. The Morgan fingerprint density at radius 3 is 2.47 bits per heavy atom. The summed E-state index contributed by atoms with van der Waals surface area (Å²) in [5.41, 5.74) is 2.49. The van der Waals surface area contributed by atoms with Crippen LogP contribution in [0.15, 0.2) is 65.6 Å². The lowest BCUT2D eigenvalue weighted by Crippen LogP contribution is -2.31. The van der Waals surface area contributed by atoms with Gasteiger partial charge in [-0.1, -0.05) is 35.9 Å². The summed E-state index contributed by atoms with van der Waals surface area (Å²) in [7, 11) is -0.686. The van der Waals surface area contributed by atoms with E-state index >= 15 is 0 Å². The van der Waals surface area contributed by atoms with E-state index in [0.717, 1.165) is 11.1 Å². The number of nitrogens with zero attached hydrogens (tertiary/aromatic N) is 1. The van der Waals surface area contributed by atoms with Crippen LogP contribution in [0.3, 0.4) is 0 Å². The van der Waals surface area contributed by atoms with Crippen molar-refractivity contribution < 1.29 is 27.4 Å². The first-order chi connectivity index (χ1) is 17.2. The quantitative estimate of drug-likeness (QED) is 0.441. The van der Waals surface area contributed by atoms with Crippen LogP contribution in [0.4, 0.5) is 5.69 Å². The highest BCUT2D eigenvalue weighted by Gasteiger charge is 2.31. The standard InChI is InChI=1S/C26H27ClN2O6S/c1-17(19-8-10-24(33-2)25(14-19)34-3)28-26(30)16-35-23-11-9-20(15-21(23)27)36(31,32)29-13-12-18-6-4-5-7-22(18)29/h4-11,14-15,17H,12-13,16H2,1-3H3,(H,28,30)/t17-/m0/s1. The number of ether oxygens (including phenoxy) is 3. The van der Waals surface area contributed by atoms with Crippen molar-refractivity contribution in [1.29, 1.82) is 0 Å². The molecule has 0 saturated heterocycles. The number of carbonyl (C=O) groups excluding carboxylic acids is 1. The van der Waals surface area contributed by atoms with Crippen LogP contribution in [-0.4, -0.2) is 41.7 Å². The zero-order valence-corrected chi connectivity index (χ0v) is 21.7. The average Bonchev–Trinajstić information content (AvgIpc) is 3.32. The van der Waals surface area contributed by atoms with Gasteiger partial charge in [0.2, 0.25) is 0 Å². The van der Waals surface area contributed by atoms with Crippen LogP contribution in [-0.2, 0) is 21.2 Å². The Morgan fingerprint density at radius 2 is 1.75 bits per heavy atom. The third kappa shape index (κ3) is 5.22. The van der Waals surface area contributed by atoms with Crippen molar-refractivity contribution in [1.82, 2.24) is 5.32 Å². The Bertz CT molecular complexity index is 1380. The van der Waals surface area contributed by atoms with Crippen LogP contribution in [0.5, 0.6) is 17.2 Å². The van der Waals surface area contributed by atoms with E-state index in [1.54, 1.807) is 32.4 Å². The molecule has 0 aromatic heterocycles. The number of rotatable bonds is 9. The lowest BCUT2D eigenvalue weighted by molar-refractivity contribution is -0.123. The second kappa shape index (κ2) is 10.7. The van der Waals surface area contributed by atoms with E-state index in [-0.39, 0.29) is 34.2 Å². The second-order valence-electron chi connectivity index (χ2n) is 8.24. The highest BCUT2D eigenvalue weighted by atomic mass is 35.5. The first-order valence-corrected chi connectivity index (χ1v) is 13.1. The lowest BCUT2D eigenvalue weighted by atomic mass is 10.1. The molecule has 190 valence electrons. The molecule has 0 fully saturated rings. The summed E-state index contributed by atoms with van der Waals surface area (Å²) in [6, 6.07) is 16.7. The molecule has 0 saturated carbocycles. The topological polar surface area (TPSA) is 94.2 Å². The summed E-state index contributed by atoms with van der Waals surface area (Å²) >= 11 is 6.32. The van der Waals surface area contributed by atoms with Gasteiger partial charge >= 0.3 is 0 Å². The summed E-state index contributed by atoms with van der Waals surface area (Å²) in [6.45, 7) is 1.92. The normalized spacial score (nSPS) is 13.6. The number of carbonyl (C=O) groups is 1. The van der Waals surface area contributed by atoms with Crippen molar-refractivity contribution in [2.24, 2.45) is 0 Å². The van der Waals surface area contributed by atoms with Gasteiger partial charge in [-0.2, -0.15) is 0 Å². The molecule has 10 heteroatoms. The largest absolute Gasteiger partial charge is 0.493 e. The fourth-order valence-corrected chi connectivity index (χ4v) is 5.91. The molecule has 1 atom stereocenters. The molecule has 1 N–H and O–H groups in total. The molecule has 3 aromatic rings.